The van der Waals surface area contributed by atoms with Crippen molar-refractivity contribution in [3.8, 4) is 0 Å². The molecule has 0 unspecified atom stereocenters. The fourth-order valence-electron chi connectivity index (χ4n) is 2.87. The Labute approximate surface area is 182 Å². The number of anilines is 1. The summed E-state index contributed by atoms with van der Waals surface area (Å²) in [7, 11) is -3.43. The molecule has 156 valence electrons. The van der Waals surface area contributed by atoms with Crippen molar-refractivity contribution >= 4 is 33.4 Å². The molecule has 5 nitrogen and oxygen atoms in total. The lowest BCUT2D eigenvalue weighted by atomic mass is 10.1. The topological polar surface area (TPSA) is 66.5 Å². The summed E-state index contributed by atoms with van der Waals surface area (Å²) in [5, 5.41) is 2.91. The van der Waals surface area contributed by atoms with E-state index in [1.807, 2.05) is 36.4 Å². The monoisotopic (exact) mass is 440 g/mol. The molecule has 0 aliphatic heterocycles. The molecular formula is C23H24N2O3S2. The quantitative estimate of drug-likeness (QED) is 0.401. The first-order valence-corrected chi connectivity index (χ1v) is 12.3. The van der Waals surface area contributed by atoms with Gasteiger partial charge < -0.3 is 5.32 Å². The molecule has 3 aromatic rings. The predicted molar refractivity (Wildman–Crippen MR) is 123 cm³/mol. The van der Waals surface area contributed by atoms with Gasteiger partial charge in [-0.2, -0.15) is 0 Å². The van der Waals surface area contributed by atoms with Crippen molar-refractivity contribution < 1.29 is 13.2 Å². The van der Waals surface area contributed by atoms with E-state index in [1.165, 1.54) is 15.5 Å². The molecule has 0 atom stereocenters. The van der Waals surface area contributed by atoms with Crippen molar-refractivity contribution in [1.82, 2.24) is 5.32 Å². The second kappa shape index (κ2) is 10.3. The Kier molecular flexibility index (Phi) is 7.54. The molecule has 0 saturated carbocycles. The van der Waals surface area contributed by atoms with Gasteiger partial charge in [-0.1, -0.05) is 48.5 Å². The van der Waals surface area contributed by atoms with Crippen LogP contribution in [-0.2, 0) is 16.6 Å². The predicted octanol–water partition coefficient (Wildman–Crippen LogP) is 4.17. The summed E-state index contributed by atoms with van der Waals surface area (Å²) >= 11 is 1.69. The number of sulfonamides is 1. The molecular weight excluding hydrogens is 416 g/mol. The highest BCUT2D eigenvalue weighted by molar-refractivity contribution is 7.99. The fourth-order valence-corrected chi connectivity index (χ4v) is 4.55. The molecule has 0 aliphatic rings. The second-order valence-corrected chi connectivity index (χ2v) is 9.79. The maximum Gasteiger partial charge on any atom is 0.251 e. The molecule has 0 aromatic heterocycles. The summed E-state index contributed by atoms with van der Waals surface area (Å²) in [6.07, 6.45) is 1.19. The normalized spacial score (nSPS) is 11.1. The fraction of sp³-hybridized carbons (Fsp3) is 0.174. The molecule has 0 bridgehead atoms. The first-order chi connectivity index (χ1) is 14.4. The molecule has 30 heavy (non-hydrogen) atoms. The maximum absolute atomic E-state index is 12.3. The SMILES string of the molecule is CS(=O)(=O)N(Cc1ccc(C(=O)NCCSc2ccccc2)cc1)c1ccccc1. The first kappa shape index (κ1) is 21.9. The minimum atomic E-state index is -3.43. The van der Waals surface area contributed by atoms with Crippen molar-refractivity contribution in [1.29, 1.82) is 0 Å². The van der Waals surface area contributed by atoms with Crippen LogP contribution in [0.4, 0.5) is 5.69 Å². The molecule has 0 aliphatic carbocycles. The number of carbonyl (C=O) groups excluding carboxylic acids is 1. The van der Waals surface area contributed by atoms with Crippen molar-refractivity contribution in [3.05, 3.63) is 96.1 Å². The highest BCUT2D eigenvalue weighted by Crippen LogP contribution is 2.20. The molecule has 3 aromatic carbocycles. The van der Waals surface area contributed by atoms with Gasteiger partial charge in [0.15, 0.2) is 0 Å². The summed E-state index contributed by atoms with van der Waals surface area (Å²) in [5.74, 6) is 0.645. The molecule has 1 amide bonds. The Morgan fingerprint density at radius 1 is 0.900 bits per heavy atom. The lowest BCUT2D eigenvalue weighted by Gasteiger charge is -2.22. The molecule has 0 fully saturated rings. The Hall–Kier alpha value is -2.77. The zero-order chi connectivity index (χ0) is 21.4. The summed E-state index contributed by atoms with van der Waals surface area (Å²) in [5.41, 5.74) is 1.97. The number of thioether (sulfide) groups is 1. The van der Waals surface area contributed by atoms with Gasteiger partial charge in [-0.15, -0.1) is 11.8 Å². The van der Waals surface area contributed by atoms with E-state index in [2.05, 4.69) is 5.32 Å². The first-order valence-electron chi connectivity index (χ1n) is 9.51. The Balaban J connectivity index is 1.56. The largest absolute Gasteiger partial charge is 0.351 e. The van der Waals surface area contributed by atoms with Gasteiger partial charge in [-0.25, -0.2) is 8.42 Å². The van der Waals surface area contributed by atoms with E-state index in [4.69, 9.17) is 0 Å². The van der Waals surface area contributed by atoms with Crippen LogP contribution in [-0.4, -0.2) is 32.9 Å². The van der Waals surface area contributed by atoms with Gasteiger partial charge in [0.1, 0.15) is 0 Å². The van der Waals surface area contributed by atoms with Crippen molar-refractivity contribution in [2.45, 2.75) is 11.4 Å². The van der Waals surface area contributed by atoms with Gasteiger partial charge in [0.2, 0.25) is 10.0 Å². The number of hydrogen-bond acceptors (Lipinski definition) is 4. The number of rotatable bonds is 9. The average molecular weight is 441 g/mol. The number of nitrogens with one attached hydrogen (secondary N) is 1. The molecule has 7 heteroatoms. The van der Waals surface area contributed by atoms with Crippen LogP contribution in [0.15, 0.2) is 89.8 Å². The Morgan fingerprint density at radius 2 is 1.50 bits per heavy atom. The van der Waals surface area contributed by atoms with E-state index in [0.29, 0.717) is 17.8 Å². The van der Waals surface area contributed by atoms with E-state index < -0.39 is 10.0 Å². The summed E-state index contributed by atoms with van der Waals surface area (Å²) in [6.45, 7) is 0.772. The zero-order valence-electron chi connectivity index (χ0n) is 16.7. The third-order valence-corrected chi connectivity index (χ3v) is 6.54. The third kappa shape index (κ3) is 6.37. The van der Waals surface area contributed by atoms with Gasteiger partial charge in [0, 0.05) is 22.8 Å². The molecule has 0 spiro atoms. The summed E-state index contributed by atoms with van der Waals surface area (Å²) in [4.78, 5) is 13.5. The molecule has 1 N–H and O–H groups in total. The molecule has 0 saturated heterocycles. The lowest BCUT2D eigenvalue weighted by Crippen LogP contribution is -2.29. The van der Waals surface area contributed by atoms with Crippen molar-refractivity contribution in [2.24, 2.45) is 0 Å². The standard InChI is InChI=1S/C23H24N2O3S2/c1-30(27,28)25(21-8-4-2-5-9-21)18-19-12-14-20(15-13-19)23(26)24-16-17-29-22-10-6-3-7-11-22/h2-15H,16-18H2,1H3,(H,24,26). The van der Waals surface area contributed by atoms with E-state index >= 15 is 0 Å². The van der Waals surface area contributed by atoms with Gasteiger partial charge in [-0.05, 0) is 42.0 Å². The van der Waals surface area contributed by atoms with Crippen LogP contribution in [0, 0.1) is 0 Å². The Bertz CT molecular complexity index is 1050. The second-order valence-electron chi connectivity index (χ2n) is 6.72. The number of carbonyl (C=O) groups is 1. The van der Waals surface area contributed by atoms with Gasteiger partial charge in [0.25, 0.3) is 5.91 Å². The van der Waals surface area contributed by atoms with Crippen LogP contribution >= 0.6 is 11.8 Å². The van der Waals surface area contributed by atoms with Gasteiger partial charge in [0.05, 0.1) is 18.5 Å². The zero-order valence-corrected chi connectivity index (χ0v) is 18.3. The van der Waals surface area contributed by atoms with E-state index in [-0.39, 0.29) is 12.5 Å². The minimum Gasteiger partial charge on any atom is -0.351 e. The van der Waals surface area contributed by atoms with Crippen LogP contribution in [0.5, 0.6) is 0 Å². The van der Waals surface area contributed by atoms with E-state index in [0.717, 1.165) is 11.3 Å². The van der Waals surface area contributed by atoms with Crippen LogP contribution < -0.4 is 9.62 Å². The highest BCUT2D eigenvalue weighted by atomic mass is 32.2. The van der Waals surface area contributed by atoms with Gasteiger partial charge in [-0.3, -0.25) is 9.10 Å². The van der Waals surface area contributed by atoms with E-state index in [1.54, 1.807) is 60.3 Å². The van der Waals surface area contributed by atoms with Crippen LogP contribution in [0.25, 0.3) is 0 Å². The number of amides is 1. The highest BCUT2D eigenvalue weighted by Gasteiger charge is 2.17. The number of para-hydroxylation sites is 1. The van der Waals surface area contributed by atoms with Crippen molar-refractivity contribution in [2.75, 3.05) is 22.9 Å². The summed E-state index contributed by atoms with van der Waals surface area (Å²) in [6, 6.07) is 26.0. The smallest absolute Gasteiger partial charge is 0.251 e. The maximum atomic E-state index is 12.3. The lowest BCUT2D eigenvalue weighted by molar-refractivity contribution is 0.0956. The average Bonchev–Trinajstić information content (AvgIpc) is 2.76. The molecule has 3 rings (SSSR count). The summed E-state index contributed by atoms with van der Waals surface area (Å²) < 4.78 is 25.8. The van der Waals surface area contributed by atoms with Crippen LogP contribution in [0.3, 0.4) is 0 Å². The number of hydrogen-bond donors (Lipinski definition) is 1. The van der Waals surface area contributed by atoms with E-state index in [9.17, 15) is 13.2 Å². The van der Waals surface area contributed by atoms with Gasteiger partial charge >= 0.3 is 0 Å². The Morgan fingerprint density at radius 3 is 2.10 bits per heavy atom. The minimum absolute atomic E-state index is 0.141. The number of benzene rings is 3. The van der Waals surface area contributed by atoms with Crippen LogP contribution in [0.1, 0.15) is 15.9 Å². The molecule has 0 heterocycles. The van der Waals surface area contributed by atoms with Crippen LogP contribution in [0.2, 0.25) is 0 Å². The number of nitrogens with zero attached hydrogens (tertiary/aromatic N) is 1. The van der Waals surface area contributed by atoms with Crippen molar-refractivity contribution in [3.63, 3.8) is 0 Å². The molecule has 0 radical (unpaired) electrons. The third-order valence-electron chi connectivity index (χ3n) is 4.39.